The van der Waals surface area contributed by atoms with Crippen LogP contribution in [0, 0.1) is 29.1 Å². The summed E-state index contributed by atoms with van der Waals surface area (Å²) < 4.78 is 91.5. The van der Waals surface area contributed by atoms with Crippen LogP contribution in [0.2, 0.25) is 0 Å². The van der Waals surface area contributed by atoms with Crippen molar-refractivity contribution in [2.75, 3.05) is 0 Å². The van der Waals surface area contributed by atoms with Gasteiger partial charge in [-0.2, -0.15) is 13.9 Å². The molecule has 31 heavy (non-hydrogen) atoms. The topological polar surface area (TPSA) is 84.9 Å². The molecule has 0 amide bonds. The molecule has 0 saturated heterocycles. The number of benzene rings is 3. The second-order valence-electron chi connectivity index (χ2n) is 6.25. The molecule has 0 fully saturated rings. The summed E-state index contributed by atoms with van der Waals surface area (Å²) in [7, 11) is -5.05. The lowest BCUT2D eigenvalue weighted by Crippen LogP contribution is -2.34. The Morgan fingerprint density at radius 2 is 1.45 bits per heavy atom. The summed E-state index contributed by atoms with van der Waals surface area (Å²) in [5, 5.41) is 11.9. The molecule has 3 aromatic rings. The number of nitrogens with one attached hydrogen (secondary N) is 1. The van der Waals surface area contributed by atoms with E-state index >= 15 is 0 Å². The summed E-state index contributed by atoms with van der Waals surface area (Å²) in [4.78, 5) is 11.2. The first-order valence-electron chi connectivity index (χ1n) is 8.53. The van der Waals surface area contributed by atoms with Crippen molar-refractivity contribution < 1.29 is 45.5 Å². The maximum Gasteiger partial charge on any atom is 0.513 e. The van der Waals surface area contributed by atoms with E-state index in [1.54, 1.807) is 24.3 Å². The average molecular weight is 461 g/mol. The Bertz CT molecular complexity index is 1190. The van der Waals surface area contributed by atoms with E-state index in [-0.39, 0.29) is 5.75 Å². The second kappa shape index (κ2) is 8.52. The van der Waals surface area contributed by atoms with Gasteiger partial charge in [-0.05, 0) is 18.4 Å². The van der Waals surface area contributed by atoms with Gasteiger partial charge in [0.2, 0.25) is 34.8 Å². The van der Waals surface area contributed by atoms with E-state index in [4.69, 9.17) is 9.63 Å². The molecule has 164 valence electrons. The molecule has 0 spiro atoms. The lowest BCUT2D eigenvalue weighted by Gasteiger charge is -2.23. The zero-order valence-electron chi connectivity index (χ0n) is 15.5. The Kier molecular flexibility index (Phi) is 6.19. The number of hydrogen-bond acceptors (Lipinski definition) is 4. The lowest BCUT2D eigenvalue weighted by atomic mass is 10.1. The van der Waals surface area contributed by atoms with Crippen LogP contribution in [-0.2, 0) is 9.36 Å². The quantitative estimate of drug-likeness (QED) is 0.219. The molecule has 0 aliphatic heterocycles. The molecule has 0 aliphatic carbocycles. The number of halogens is 5. The standard InChI is InChI=1S/C19H13F5NO5P/c1-9(19(26)27)25-31(28,29-12-8-4-6-10-5-2-3-7-11(10)12)30-18-16(23)14(21)13(20)15(22)17(18)24/h2-9H,1H3,(H,25,28)(H,26,27)/t9-,31-/m0/s1. The SMILES string of the molecule is C[C@H](N[P@@](=O)(Oc1c(F)c(F)c(F)c(F)c1F)Oc1cccc2ccccc12)C(=O)O. The maximum absolute atomic E-state index is 14.1. The molecule has 3 rings (SSSR count). The molecule has 0 aromatic heterocycles. The van der Waals surface area contributed by atoms with Crippen molar-refractivity contribution in [2.24, 2.45) is 0 Å². The van der Waals surface area contributed by atoms with Crippen molar-refractivity contribution in [3.8, 4) is 11.5 Å². The highest BCUT2D eigenvalue weighted by Gasteiger charge is 2.38. The van der Waals surface area contributed by atoms with Crippen molar-refractivity contribution in [1.82, 2.24) is 5.09 Å². The van der Waals surface area contributed by atoms with E-state index in [9.17, 15) is 31.3 Å². The fourth-order valence-electron chi connectivity index (χ4n) is 2.55. The summed E-state index contributed by atoms with van der Waals surface area (Å²) in [5.74, 6) is -15.5. The minimum atomic E-state index is -5.05. The number of carboxylic acids is 1. The van der Waals surface area contributed by atoms with Gasteiger partial charge in [0.05, 0.1) is 0 Å². The van der Waals surface area contributed by atoms with Crippen molar-refractivity contribution in [3.63, 3.8) is 0 Å². The Labute approximate surface area is 171 Å². The van der Waals surface area contributed by atoms with E-state index in [0.717, 1.165) is 6.92 Å². The van der Waals surface area contributed by atoms with Crippen LogP contribution in [0.3, 0.4) is 0 Å². The van der Waals surface area contributed by atoms with Crippen LogP contribution in [0.4, 0.5) is 22.0 Å². The molecule has 2 atom stereocenters. The largest absolute Gasteiger partial charge is 0.513 e. The smallest absolute Gasteiger partial charge is 0.480 e. The highest BCUT2D eigenvalue weighted by Crippen LogP contribution is 2.48. The fourth-order valence-corrected chi connectivity index (χ4v) is 4.10. The first kappa shape index (κ1) is 22.5. The molecule has 3 aromatic carbocycles. The van der Waals surface area contributed by atoms with Gasteiger partial charge in [-0.1, -0.05) is 36.4 Å². The third-order valence-corrected chi connectivity index (χ3v) is 5.63. The molecule has 0 radical (unpaired) electrons. The number of carboxylic acid groups (broad SMARTS) is 1. The van der Waals surface area contributed by atoms with Crippen LogP contribution in [0.15, 0.2) is 42.5 Å². The molecular weight excluding hydrogens is 448 g/mol. The second-order valence-corrected chi connectivity index (χ2v) is 7.86. The molecule has 0 bridgehead atoms. The maximum atomic E-state index is 14.1. The third-order valence-electron chi connectivity index (χ3n) is 4.07. The minimum Gasteiger partial charge on any atom is -0.480 e. The van der Waals surface area contributed by atoms with Gasteiger partial charge in [-0.15, -0.1) is 0 Å². The van der Waals surface area contributed by atoms with Gasteiger partial charge in [-0.25, -0.2) is 17.7 Å². The average Bonchev–Trinajstić information content (AvgIpc) is 2.74. The van der Waals surface area contributed by atoms with E-state index < -0.39 is 54.6 Å². The van der Waals surface area contributed by atoms with E-state index in [2.05, 4.69) is 4.52 Å². The zero-order chi connectivity index (χ0) is 22.9. The van der Waals surface area contributed by atoms with Gasteiger partial charge in [0.15, 0.2) is 0 Å². The Hall–Kier alpha value is -3.17. The first-order chi connectivity index (χ1) is 14.5. The number of carbonyl (C=O) groups is 1. The Morgan fingerprint density at radius 1 is 0.903 bits per heavy atom. The Balaban J connectivity index is 2.11. The Morgan fingerprint density at radius 3 is 2.06 bits per heavy atom. The summed E-state index contributed by atoms with van der Waals surface area (Å²) >= 11 is 0. The zero-order valence-corrected chi connectivity index (χ0v) is 16.4. The van der Waals surface area contributed by atoms with Gasteiger partial charge in [0, 0.05) is 5.39 Å². The highest BCUT2D eigenvalue weighted by molar-refractivity contribution is 7.52. The summed E-state index contributed by atoms with van der Waals surface area (Å²) in [6.07, 6.45) is 0. The van der Waals surface area contributed by atoms with Crippen molar-refractivity contribution >= 4 is 24.5 Å². The number of rotatable bonds is 7. The normalized spacial score (nSPS) is 14.1. The fraction of sp³-hybridized carbons (Fsp3) is 0.105. The molecule has 0 aliphatic rings. The number of fused-ring (bicyclic) bond motifs is 1. The van der Waals surface area contributed by atoms with Gasteiger partial charge in [0.25, 0.3) is 0 Å². The van der Waals surface area contributed by atoms with Crippen LogP contribution in [0.25, 0.3) is 10.8 Å². The summed E-state index contributed by atoms with van der Waals surface area (Å²) in [6, 6.07) is 9.25. The van der Waals surface area contributed by atoms with E-state index in [1.165, 1.54) is 18.2 Å². The van der Waals surface area contributed by atoms with Crippen molar-refractivity contribution in [1.29, 1.82) is 0 Å². The predicted octanol–water partition coefficient (Wildman–Crippen LogP) is 5.16. The van der Waals surface area contributed by atoms with Gasteiger partial charge >= 0.3 is 13.7 Å². The van der Waals surface area contributed by atoms with Crippen molar-refractivity contribution in [2.45, 2.75) is 13.0 Å². The molecule has 6 nitrogen and oxygen atoms in total. The monoisotopic (exact) mass is 461 g/mol. The van der Waals surface area contributed by atoms with Gasteiger partial charge in [0.1, 0.15) is 11.8 Å². The van der Waals surface area contributed by atoms with Crippen LogP contribution >= 0.6 is 7.75 Å². The first-order valence-corrected chi connectivity index (χ1v) is 10.1. The lowest BCUT2D eigenvalue weighted by molar-refractivity contribution is -0.138. The highest BCUT2D eigenvalue weighted by atomic mass is 31.2. The van der Waals surface area contributed by atoms with Gasteiger partial charge in [-0.3, -0.25) is 4.79 Å². The summed E-state index contributed by atoms with van der Waals surface area (Å²) in [5.41, 5.74) is 0. The molecule has 0 saturated carbocycles. The molecule has 0 unspecified atom stereocenters. The molecule has 2 N–H and O–H groups in total. The number of hydrogen-bond donors (Lipinski definition) is 2. The van der Waals surface area contributed by atoms with Gasteiger partial charge < -0.3 is 14.2 Å². The van der Waals surface area contributed by atoms with Crippen molar-refractivity contribution in [3.05, 3.63) is 71.6 Å². The predicted molar refractivity (Wildman–Crippen MR) is 99.3 cm³/mol. The van der Waals surface area contributed by atoms with Crippen LogP contribution < -0.4 is 14.1 Å². The molecule has 12 heteroatoms. The minimum absolute atomic E-state index is 0.157. The summed E-state index contributed by atoms with van der Waals surface area (Å²) in [6.45, 7) is 1.00. The molecule has 0 heterocycles. The van der Waals surface area contributed by atoms with Crippen LogP contribution in [0.1, 0.15) is 6.92 Å². The number of aliphatic carboxylic acids is 1. The molecular formula is C19H13F5NO5P. The van der Waals surface area contributed by atoms with E-state index in [0.29, 0.717) is 10.8 Å². The third kappa shape index (κ3) is 4.47. The van der Waals surface area contributed by atoms with E-state index in [1.807, 2.05) is 5.09 Å². The van der Waals surface area contributed by atoms with Crippen LogP contribution in [0.5, 0.6) is 11.5 Å². The van der Waals surface area contributed by atoms with Crippen LogP contribution in [-0.4, -0.2) is 17.1 Å².